The minimum absolute atomic E-state index is 0.336. The van der Waals surface area contributed by atoms with Gasteiger partial charge in [0.2, 0.25) is 5.91 Å². The zero-order valence-electron chi connectivity index (χ0n) is 10.2. The highest BCUT2D eigenvalue weighted by Gasteiger charge is 2.14. The van der Waals surface area contributed by atoms with Crippen LogP contribution in [0.15, 0.2) is 10.8 Å². The molecule has 1 heterocycles. The molecular weight excluding hydrogens is 238 g/mol. The van der Waals surface area contributed by atoms with Crippen LogP contribution in [0.1, 0.15) is 18.1 Å². The lowest BCUT2D eigenvalue weighted by molar-refractivity contribution is -0.121. The van der Waals surface area contributed by atoms with E-state index in [-0.39, 0.29) is 5.91 Å². The molecule has 5 nitrogen and oxygen atoms in total. The lowest BCUT2D eigenvalue weighted by atomic mass is 10.2. The number of carbonyl (C=O) groups excluding carboxylic acids is 2. The van der Waals surface area contributed by atoms with Crippen LogP contribution in [0.3, 0.4) is 0 Å². The van der Waals surface area contributed by atoms with Gasteiger partial charge in [-0.25, -0.2) is 4.79 Å². The molecule has 1 rings (SSSR count). The minimum atomic E-state index is -0.490. The maximum Gasteiger partial charge on any atom is 0.321 e. The Morgan fingerprint density at radius 1 is 1.41 bits per heavy atom. The Hall–Kier alpha value is -1.40. The van der Waals surface area contributed by atoms with E-state index in [1.807, 2.05) is 12.3 Å². The molecule has 1 unspecified atom stereocenters. The van der Waals surface area contributed by atoms with Gasteiger partial charge in [-0.15, -0.1) is 0 Å². The van der Waals surface area contributed by atoms with Crippen LogP contribution in [0, 0.1) is 6.92 Å². The van der Waals surface area contributed by atoms with Gasteiger partial charge < -0.3 is 10.6 Å². The van der Waals surface area contributed by atoms with E-state index in [4.69, 9.17) is 0 Å². The minimum Gasteiger partial charge on any atom is -0.341 e. The van der Waals surface area contributed by atoms with Crippen LogP contribution in [0.4, 0.5) is 4.79 Å². The molecule has 0 aromatic carbocycles. The monoisotopic (exact) mass is 255 g/mol. The fourth-order valence-corrected chi connectivity index (χ4v) is 2.06. The van der Waals surface area contributed by atoms with E-state index in [0.717, 1.165) is 0 Å². The summed E-state index contributed by atoms with van der Waals surface area (Å²) in [6.07, 6.45) is 0. The topological polar surface area (TPSA) is 70.2 Å². The van der Waals surface area contributed by atoms with Crippen LogP contribution >= 0.6 is 11.3 Å². The van der Waals surface area contributed by atoms with E-state index in [0.29, 0.717) is 6.54 Å². The van der Waals surface area contributed by atoms with Gasteiger partial charge >= 0.3 is 6.03 Å². The number of carbonyl (C=O) groups is 2. The van der Waals surface area contributed by atoms with E-state index < -0.39 is 12.1 Å². The van der Waals surface area contributed by atoms with Gasteiger partial charge in [0, 0.05) is 13.6 Å². The third-order valence-corrected chi connectivity index (χ3v) is 3.33. The molecule has 0 radical (unpaired) electrons. The molecule has 0 aliphatic rings. The maximum absolute atomic E-state index is 11.5. The van der Waals surface area contributed by atoms with Crippen molar-refractivity contribution in [2.75, 3.05) is 7.05 Å². The van der Waals surface area contributed by atoms with Crippen molar-refractivity contribution < 1.29 is 9.59 Å². The third kappa shape index (κ3) is 4.16. The second kappa shape index (κ2) is 6.36. The number of hydrogen-bond donors (Lipinski definition) is 3. The highest BCUT2D eigenvalue weighted by molar-refractivity contribution is 7.08. The Labute approximate surface area is 105 Å². The molecule has 6 heteroatoms. The van der Waals surface area contributed by atoms with Crippen LogP contribution < -0.4 is 16.0 Å². The molecule has 3 amide bonds. The normalized spacial score (nSPS) is 11.9. The largest absolute Gasteiger partial charge is 0.341 e. The summed E-state index contributed by atoms with van der Waals surface area (Å²) in [5.41, 5.74) is 2.39. The van der Waals surface area contributed by atoms with Crippen molar-refractivity contribution in [2.45, 2.75) is 26.4 Å². The number of urea groups is 1. The fraction of sp³-hybridized carbons (Fsp3) is 0.455. The van der Waals surface area contributed by atoms with E-state index >= 15 is 0 Å². The summed E-state index contributed by atoms with van der Waals surface area (Å²) in [4.78, 5) is 22.5. The van der Waals surface area contributed by atoms with Crippen LogP contribution in [0.2, 0.25) is 0 Å². The molecule has 0 aliphatic carbocycles. The van der Waals surface area contributed by atoms with Crippen LogP contribution in [-0.2, 0) is 11.3 Å². The van der Waals surface area contributed by atoms with Crippen molar-refractivity contribution in [1.29, 1.82) is 0 Å². The summed E-state index contributed by atoms with van der Waals surface area (Å²) in [6.45, 7) is 4.38. The van der Waals surface area contributed by atoms with Crippen LogP contribution in [0.5, 0.6) is 0 Å². The number of amides is 3. The molecule has 0 fully saturated rings. The fourth-order valence-electron chi connectivity index (χ4n) is 1.21. The first-order valence-electron chi connectivity index (χ1n) is 5.32. The van der Waals surface area contributed by atoms with Gasteiger partial charge in [0.05, 0.1) is 6.04 Å². The van der Waals surface area contributed by atoms with Gasteiger partial charge in [-0.2, -0.15) is 11.3 Å². The summed E-state index contributed by atoms with van der Waals surface area (Å²) in [5.74, 6) is -0.336. The quantitative estimate of drug-likeness (QED) is 0.751. The SMILES string of the molecule is CNC(=O)NC(=O)C(C)NCc1cscc1C. The summed E-state index contributed by atoms with van der Waals surface area (Å²) in [7, 11) is 1.47. The van der Waals surface area contributed by atoms with Gasteiger partial charge in [-0.1, -0.05) is 0 Å². The summed E-state index contributed by atoms with van der Waals surface area (Å²) < 4.78 is 0. The number of hydrogen-bond acceptors (Lipinski definition) is 4. The third-order valence-electron chi connectivity index (χ3n) is 2.42. The average Bonchev–Trinajstić information content (AvgIpc) is 2.71. The molecule has 94 valence electrons. The molecule has 1 atom stereocenters. The molecule has 1 aromatic rings. The Kier molecular flexibility index (Phi) is 5.11. The van der Waals surface area contributed by atoms with Gasteiger partial charge in [-0.3, -0.25) is 10.1 Å². The number of rotatable bonds is 4. The standard InChI is InChI=1S/C11H17N3O2S/c1-7-5-17-6-9(7)4-13-8(2)10(15)14-11(16)12-3/h5-6,8,13H,4H2,1-3H3,(H2,12,14,15,16). The predicted molar refractivity (Wildman–Crippen MR) is 68.0 cm³/mol. The maximum atomic E-state index is 11.5. The van der Waals surface area contributed by atoms with Crippen molar-refractivity contribution in [3.63, 3.8) is 0 Å². The number of thiophene rings is 1. The predicted octanol–water partition coefficient (Wildman–Crippen LogP) is 0.990. The highest BCUT2D eigenvalue weighted by atomic mass is 32.1. The van der Waals surface area contributed by atoms with Crippen molar-refractivity contribution in [1.82, 2.24) is 16.0 Å². The number of nitrogens with one attached hydrogen (secondary N) is 3. The number of imide groups is 1. The summed E-state index contributed by atoms with van der Waals surface area (Å²) in [5, 5.41) is 11.7. The Bertz CT molecular complexity index is 403. The van der Waals surface area contributed by atoms with Gasteiger partial charge in [0.15, 0.2) is 0 Å². The molecule has 0 saturated carbocycles. The zero-order valence-corrected chi connectivity index (χ0v) is 11.0. The second-order valence-corrected chi connectivity index (χ2v) is 4.49. The van der Waals surface area contributed by atoms with E-state index in [9.17, 15) is 9.59 Å². The lowest BCUT2D eigenvalue weighted by Gasteiger charge is -2.13. The van der Waals surface area contributed by atoms with Crippen molar-refractivity contribution in [2.24, 2.45) is 0 Å². The number of aryl methyl sites for hydroxylation is 1. The van der Waals surface area contributed by atoms with E-state index in [1.165, 1.54) is 18.2 Å². The first-order chi connectivity index (χ1) is 8.04. The Balaban J connectivity index is 2.39. The summed E-state index contributed by atoms with van der Waals surface area (Å²) >= 11 is 1.64. The Morgan fingerprint density at radius 2 is 2.12 bits per heavy atom. The summed E-state index contributed by atoms with van der Waals surface area (Å²) in [6, 6.07) is -0.901. The van der Waals surface area contributed by atoms with Gasteiger partial charge in [-0.05, 0) is 35.7 Å². The van der Waals surface area contributed by atoms with Crippen molar-refractivity contribution >= 4 is 23.3 Å². The zero-order chi connectivity index (χ0) is 12.8. The Morgan fingerprint density at radius 3 is 2.65 bits per heavy atom. The second-order valence-electron chi connectivity index (χ2n) is 3.75. The van der Waals surface area contributed by atoms with Crippen molar-refractivity contribution in [3.05, 3.63) is 21.9 Å². The molecule has 0 saturated heterocycles. The van der Waals surface area contributed by atoms with Crippen LogP contribution in [0.25, 0.3) is 0 Å². The lowest BCUT2D eigenvalue weighted by Crippen LogP contribution is -2.47. The highest BCUT2D eigenvalue weighted by Crippen LogP contribution is 2.13. The van der Waals surface area contributed by atoms with E-state index in [2.05, 4.69) is 21.3 Å². The average molecular weight is 255 g/mol. The van der Waals surface area contributed by atoms with Gasteiger partial charge in [0.1, 0.15) is 0 Å². The molecule has 0 spiro atoms. The van der Waals surface area contributed by atoms with E-state index in [1.54, 1.807) is 18.3 Å². The van der Waals surface area contributed by atoms with Crippen LogP contribution in [-0.4, -0.2) is 25.0 Å². The molecule has 1 aromatic heterocycles. The molecule has 0 bridgehead atoms. The van der Waals surface area contributed by atoms with Crippen molar-refractivity contribution in [3.8, 4) is 0 Å². The molecule has 0 aliphatic heterocycles. The van der Waals surface area contributed by atoms with Gasteiger partial charge in [0.25, 0.3) is 0 Å². The smallest absolute Gasteiger partial charge is 0.321 e. The molecule has 3 N–H and O–H groups in total. The molecular formula is C11H17N3O2S. The molecule has 17 heavy (non-hydrogen) atoms. The first-order valence-corrected chi connectivity index (χ1v) is 6.26. The first kappa shape index (κ1) is 13.7.